The molecule has 3 heterocycles. The maximum atomic E-state index is 5.22. The highest BCUT2D eigenvalue weighted by Crippen LogP contribution is 2.40. The second-order valence-corrected chi connectivity index (χ2v) is 13.3. The lowest BCUT2D eigenvalue weighted by atomic mass is 9.98. The summed E-state index contributed by atoms with van der Waals surface area (Å²) in [5, 5.41) is 7.06. The van der Waals surface area contributed by atoms with Gasteiger partial charge in [0.2, 0.25) is 0 Å². The molecule has 0 N–H and O–H groups in total. The van der Waals surface area contributed by atoms with Crippen LogP contribution in [0.25, 0.3) is 92.3 Å². The molecule has 0 spiro atoms. The number of aromatic nitrogens is 3. The standard InChI is InChI=1S/C44H27N3S/c1-2-11-29(12-3-1)43-37-27-41-36(26-35(37)33-15-4-6-17-38(33)45-43)34-16-5-8-19-40(34)47(41)32-14-10-13-31(25-32)28-21-23-30(24-22-28)44-46-39-18-7-9-20-42(39)48-44/h1-27H. The van der Waals surface area contributed by atoms with Gasteiger partial charge in [0.05, 0.1) is 32.5 Å². The first-order chi connectivity index (χ1) is 23.8. The summed E-state index contributed by atoms with van der Waals surface area (Å²) in [6, 6.07) is 58.5. The predicted octanol–water partition coefficient (Wildman–Crippen LogP) is 12.1. The maximum absolute atomic E-state index is 5.22. The van der Waals surface area contributed by atoms with E-state index in [1.807, 2.05) is 6.07 Å². The number of thiazole rings is 1. The minimum Gasteiger partial charge on any atom is -0.309 e. The molecule has 3 aromatic heterocycles. The average Bonchev–Trinajstić information content (AvgIpc) is 3.74. The predicted molar refractivity (Wildman–Crippen MR) is 203 cm³/mol. The lowest BCUT2D eigenvalue weighted by Gasteiger charge is -2.13. The van der Waals surface area contributed by atoms with Crippen molar-refractivity contribution < 1.29 is 0 Å². The molecule has 0 saturated heterocycles. The maximum Gasteiger partial charge on any atom is 0.124 e. The van der Waals surface area contributed by atoms with Crippen LogP contribution < -0.4 is 0 Å². The monoisotopic (exact) mass is 629 g/mol. The van der Waals surface area contributed by atoms with E-state index in [9.17, 15) is 0 Å². The minimum absolute atomic E-state index is 1.00. The van der Waals surface area contributed by atoms with Crippen molar-refractivity contribution in [1.29, 1.82) is 0 Å². The van der Waals surface area contributed by atoms with Crippen LogP contribution in [0, 0.1) is 0 Å². The number of para-hydroxylation sites is 3. The first kappa shape index (κ1) is 27.1. The Hall–Kier alpha value is -6.10. The molecule has 3 nitrogen and oxygen atoms in total. The summed E-state index contributed by atoms with van der Waals surface area (Å²) in [5.41, 5.74) is 11.1. The van der Waals surface area contributed by atoms with Gasteiger partial charge in [0.15, 0.2) is 0 Å². The Kier molecular flexibility index (Phi) is 6.05. The Morgan fingerprint density at radius 1 is 0.396 bits per heavy atom. The summed E-state index contributed by atoms with van der Waals surface area (Å²) in [4.78, 5) is 10.1. The SMILES string of the molecule is c1ccc(-c2nc3ccccc3c3cc4c5ccccc5n(-c5cccc(-c6ccc(-c7nc8ccccc8s7)cc6)c5)c4cc23)cc1. The third-order valence-electron chi connectivity index (χ3n) is 9.40. The Morgan fingerprint density at radius 3 is 1.96 bits per heavy atom. The van der Waals surface area contributed by atoms with Gasteiger partial charge in [-0.15, -0.1) is 11.3 Å². The van der Waals surface area contributed by atoms with E-state index < -0.39 is 0 Å². The van der Waals surface area contributed by atoms with Crippen LogP contribution >= 0.6 is 11.3 Å². The average molecular weight is 630 g/mol. The number of benzene rings is 7. The number of hydrogen-bond donors (Lipinski definition) is 0. The lowest BCUT2D eigenvalue weighted by Crippen LogP contribution is -1.95. The molecule has 0 aliphatic carbocycles. The zero-order valence-corrected chi connectivity index (χ0v) is 26.7. The Balaban J connectivity index is 1.16. The van der Waals surface area contributed by atoms with E-state index in [1.165, 1.54) is 48.4 Å². The van der Waals surface area contributed by atoms with Gasteiger partial charge in [-0.05, 0) is 65.0 Å². The van der Waals surface area contributed by atoms with E-state index in [-0.39, 0.29) is 0 Å². The van der Waals surface area contributed by atoms with Crippen molar-refractivity contribution in [1.82, 2.24) is 14.5 Å². The summed E-state index contributed by atoms with van der Waals surface area (Å²) < 4.78 is 3.62. The van der Waals surface area contributed by atoms with E-state index in [2.05, 4.69) is 162 Å². The van der Waals surface area contributed by atoms with Gasteiger partial charge in [-0.2, -0.15) is 0 Å². The quantitative estimate of drug-likeness (QED) is 0.181. The summed E-state index contributed by atoms with van der Waals surface area (Å²) in [7, 11) is 0. The molecule has 0 amide bonds. The minimum atomic E-state index is 1.00. The second kappa shape index (κ2) is 10.7. The van der Waals surface area contributed by atoms with Crippen molar-refractivity contribution >= 4 is 65.0 Å². The highest BCUT2D eigenvalue weighted by Gasteiger charge is 2.18. The van der Waals surface area contributed by atoms with E-state index in [4.69, 9.17) is 9.97 Å². The van der Waals surface area contributed by atoms with Crippen LogP contribution in [0.5, 0.6) is 0 Å². The molecule has 0 aliphatic rings. The molecule has 0 bridgehead atoms. The molecule has 224 valence electrons. The van der Waals surface area contributed by atoms with Gasteiger partial charge in [-0.3, -0.25) is 0 Å². The lowest BCUT2D eigenvalue weighted by molar-refractivity contribution is 1.18. The van der Waals surface area contributed by atoms with Gasteiger partial charge in [0.1, 0.15) is 5.01 Å². The van der Waals surface area contributed by atoms with Crippen LogP contribution in [0.2, 0.25) is 0 Å². The largest absolute Gasteiger partial charge is 0.309 e. The van der Waals surface area contributed by atoms with Crippen LogP contribution in [-0.4, -0.2) is 14.5 Å². The van der Waals surface area contributed by atoms with E-state index in [0.717, 1.165) is 43.9 Å². The van der Waals surface area contributed by atoms with Gasteiger partial charge >= 0.3 is 0 Å². The fraction of sp³-hybridized carbons (Fsp3) is 0. The summed E-state index contributed by atoms with van der Waals surface area (Å²) in [6.45, 7) is 0. The molecule has 0 saturated carbocycles. The van der Waals surface area contributed by atoms with E-state index in [0.29, 0.717) is 0 Å². The van der Waals surface area contributed by atoms with Crippen molar-refractivity contribution in [2.24, 2.45) is 0 Å². The normalized spacial score (nSPS) is 11.8. The van der Waals surface area contributed by atoms with E-state index >= 15 is 0 Å². The van der Waals surface area contributed by atoms with Crippen molar-refractivity contribution in [3.8, 4) is 38.6 Å². The van der Waals surface area contributed by atoms with Crippen molar-refractivity contribution in [3.05, 3.63) is 164 Å². The molecule has 0 atom stereocenters. The van der Waals surface area contributed by atoms with Crippen LogP contribution in [0.15, 0.2) is 164 Å². The molecule has 4 heteroatoms. The number of fused-ring (bicyclic) bond motifs is 7. The highest BCUT2D eigenvalue weighted by atomic mass is 32.1. The van der Waals surface area contributed by atoms with Gasteiger partial charge in [-0.1, -0.05) is 115 Å². The van der Waals surface area contributed by atoms with Crippen LogP contribution in [0.4, 0.5) is 0 Å². The zero-order chi connectivity index (χ0) is 31.6. The third kappa shape index (κ3) is 4.27. The Bertz CT molecular complexity index is 2790. The first-order valence-electron chi connectivity index (χ1n) is 16.2. The number of rotatable bonds is 4. The van der Waals surface area contributed by atoms with Crippen LogP contribution in [0.3, 0.4) is 0 Å². The van der Waals surface area contributed by atoms with Crippen molar-refractivity contribution in [2.75, 3.05) is 0 Å². The van der Waals surface area contributed by atoms with Gasteiger partial charge in [-0.25, -0.2) is 9.97 Å². The molecule has 0 aliphatic heterocycles. The van der Waals surface area contributed by atoms with Crippen LogP contribution in [0.1, 0.15) is 0 Å². The topological polar surface area (TPSA) is 30.7 Å². The van der Waals surface area contributed by atoms with Crippen molar-refractivity contribution in [2.45, 2.75) is 0 Å². The molecule has 0 radical (unpaired) electrons. The van der Waals surface area contributed by atoms with Gasteiger partial charge < -0.3 is 4.57 Å². The second-order valence-electron chi connectivity index (χ2n) is 12.2. The highest BCUT2D eigenvalue weighted by molar-refractivity contribution is 7.21. The summed E-state index contributed by atoms with van der Waals surface area (Å²) >= 11 is 1.74. The molecule has 10 rings (SSSR count). The Morgan fingerprint density at radius 2 is 1.10 bits per heavy atom. The zero-order valence-electron chi connectivity index (χ0n) is 25.8. The van der Waals surface area contributed by atoms with Gasteiger partial charge in [0, 0.05) is 38.4 Å². The summed E-state index contributed by atoms with van der Waals surface area (Å²) in [5.74, 6) is 0. The van der Waals surface area contributed by atoms with Crippen molar-refractivity contribution in [3.63, 3.8) is 0 Å². The Labute approximate surface area is 281 Å². The fourth-order valence-electron chi connectivity index (χ4n) is 7.13. The number of hydrogen-bond acceptors (Lipinski definition) is 3. The molecule has 0 fully saturated rings. The molecular formula is C44H27N3S. The molecule has 48 heavy (non-hydrogen) atoms. The molecule has 10 aromatic rings. The molecule has 0 unspecified atom stereocenters. The number of pyridine rings is 1. The van der Waals surface area contributed by atoms with E-state index in [1.54, 1.807) is 11.3 Å². The third-order valence-corrected chi connectivity index (χ3v) is 10.5. The molecule has 7 aromatic carbocycles. The smallest absolute Gasteiger partial charge is 0.124 e. The fourth-order valence-corrected chi connectivity index (χ4v) is 8.10. The summed E-state index contributed by atoms with van der Waals surface area (Å²) in [6.07, 6.45) is 0. The number of nitrogens with zero attached hydrogens (tertiary/aromatic N) is 3. The van der Waals surface area contributed by atoms with Crippen LogP contribution in [-0.2, 0) is 0 Å². The molecular weight excluding hydrogens is 603 g/mol. The first-order valence-corrected chi connectivity index (χ1v) is 17.0. The van der Waals surface area contributed by atoms with Gasteiger partial charge in [0.25, 0.3) is 0 Å².